The highest BCUT2D eigenvalue weighted by Gasteiger charge is 2.53. The first-order valence-electron chi connectivity index (χ1n) is 19.5. The lowest BCUT2D eigenvalue weighted by molar-refractivity contribution is -0.181. The first-order valence-corrected chi connectivity index (χ1v) is 22.6. The number of alkyl carbamates (subject to hydrolysis) is 1. The first-order chi connectivity index (χ1) is 27.0. The summed E-state index contributed by atoms with van der Waals surface area (Å²) in [7, 11) is -4.13. The maximum absolute atomic E-state index is 14.4. The highest BCUT2D eigenvalue weighted by atomic mass is 32.2. The fourth-order valence-corrected chi connectivity index (χ4v) is 12.1. The number of aliphatic hydroxyl groups is 1. The Morgan fingerprint density at radius 1 is 1.09 bits per heavy atom. The number of rotatable bonds is 15. The van der Waals surface area contributed by atoms with Crippen LogP contribution in [0.1, 0.15) is 78.7 Å². The zero-order valence-electron chi connectivity index (χ0n) is 32.9. The SMILES string of the molecule is CC(C)CN(C[C@@H](O)[C@H](Cc1ccccc1)NC(=O)O[C@H]1CO[C@@]2(C)OCC[C@@H]12)S(=O)(=O)c1ccc2nc(NCc3sc4c(c3C(=O)O)CC(C)(C)CC4)sc2c1. The zero-order chi connectivity index (χ0) is 40.7. The maximum Gasteiger partial charge on any atom is 0.407 e. The van der Waals surface area contributed by atoms with Crippen molar-refractivity contribution >= 4 is 60.1 Å². The summed E-state index contributed by atoms with van der Waals surface area (Å²) in [6.07, 6.45) is 1.00. The van der Waals surface area contributed by atoms with E-state index in [4.69, 9.17) is 14.2 Å². The molecule has 0 saturated carbocycles. The van der Waals surface area contributed by atoms with Crippen LogP contribution in [0.15, 0.2) is 53.4 Å². The Kier molecular flexibility index (Phi) is 12.1. The van der Waals surface area contributed by atoms with Crippen molar-refractivity contribution in [2.75, 3.05) is 31.6 Å². The van der Waals surface area contributed by atoms with E-state index in [1.54, 1.807) is 12.1 Å². The number of ether oxygens (including phenoxy) is 3. The minimum atomic E-state index is -4.13. The molecule has 308 valence electrons. The molecule has 0 bridgehead atoms. The molecule has 0 spiro atoms. The van der Waals surface area contributed by atoms with Gasteiger partial charge in [0.15, 0.2) is 10.9 Å². The fourth-order valence-electron chi connectivity index (χ4n) is 8.19. The Morgan fingerprint density at radius 2 is 1.86 bits per heavy atom. The Labute approximate surface area is 341 Å². The number of nitrogens with one attached hydrogen (secondary N) is 2. The summed E-state index contributed by atoms with van der Waals surface area (Å²) in [5.41, 5.74) is 2.81. The van der Waals surface area contributed by atoms with Crippen LogP contribution in [0.3, 0.4) is 0 Å². The number of carbonyl (C=O) groups is 2. The number of sulfonamides is 1. The van der Waals surface area contributed by atoms with Gasteiger partial charge in [0.25, 0.3) is 0 Å². The maximum atomic E-state index is 14.4. The second kappa shape index (κ2) is 16.5. The van der Waals surface area contributed by atoms with E-state index >= 15 is 0 Å². The molecule has 2 fully saturated rings. The van der Waals surface area contributed by atoms with Crippen LogP contribution in [0.5, 0.6) is 0 Å². The lowest BCUT2D eigenvalue weighted by atomic mass is 9.76. The van der Waals surface area contributed by atoms with E-state index in [0.717, 1.165) is 40.1 Å². The third-order valence-corrected chi connectivity index (χ3v) is 15.3. The standard InChI is InChI=1S/C41H52N4O9S3/c1-24(2)21-45(22-31(46)30(17-25-9-7-6-8-10-25)44-39(49)54-32-23-53-41(5)28(32)14-16-52-41)57(50,51)26-11-12-29-34(18-26)56-38(43-29)42-20-35-36(37(47)48)27-19-40(3,4)15-13-33(27)55-35/h6-12,18,24,28,30-32,46H,13-17,19-23H2,1-5H3,(H,42,43)(H,44,49)(H,47,48)/t28-,30-,31+,32-,41+/m0/s1. The summed E-state index contributed by atoms with van der Waals surface area (Å²) < 4.78 is 48.0. The highest BCUT2D eigenvalue weighted by molar-refractivity contribution is 7.89. The number of carboxylic acids is 1. The predicted octanol–water partition coefficient (Wildman–Crippen LogP) is 6.68. The molecule has 2 aromatic heterocycles. The molecule has 3 aliphatic rings. The van der Waals surface area contributed by atoms with Gasteiger partial charge in [0, 0.05) is 22.8 Å². The number of aromatic carboxylic acids is 1. The molecule has 4 aromatic rings. The highest BCUT2D eigenvalue weighted by Crippen LogP contribution is 2.43. The third-order valence-electron chi connectivity index (χ3n) is 11.2. The molecule has 7 rings (SSSR count). The monoisotopic (exact) mass is 840 g/mol. The Morgan fingerprint density at radius 3 is 2.60 bits per heavy atom. The van der Waals surface area contributed by atoms with Crippen LogP contribution in [-0.2, 0) is 50.0 Å². The normalized spacial score (nSPS) is 22.7. The van der Waals surface area contributed by atoms with E-state index in [2.05, 4.69) is 29.5 Å². The Balaban J connectivity index is 1.07. The number of aryl methyl sites for hydroxylation is 1. The Bertz CT molecular complexity index is 2210. The summed E-state index contributed by atoms with van der Waals surface area (Å²) in [6, 6.07) is 13.2. The number of thiazole rings is 1. The lowest BCUT2D eigenvalue weighted by Gasteiger charge is -2.31. The number of aromatic nitrogens is 1. The van der Waals surface area contributed by atoms with Gasteiger partial charge in [-0.05, 0) is 79.7 Å². The molecule has 13 nitrogen and oxygen atoms in total. The molecule has 2 aromatic carbocycles. The van der Waals surface area contributed by atoms with Crippen LogP contribution in [0.25, 0.3) is 10.2 Å². The largest absolute Gasteiger partial charge is 0.478 e. The second-order valence-corrected chi connectivity index (χ2v) is 20.8. The number of carbonyl (C=O) groups excluding carboxylic acids is 1. The minimum absolute atomic E-state index is 0.0467. The van der Waals surface area contributed by atoms with Crippen LogP contribution in [-0.4, -0.2) is 90.3 Å². The van der Waals surface area contributed by atoms with Gasteiger partial charge >= 0.3 is 12.1 Å². The van der Waals surface area contributed by atoms with Crippen molar-refractivity contribution in [3.05, 3.63) is 75.0 Å². The molecular formula is C41H52N4O9S3. The van der Waals surface area contributed by atoms with Crippen LogP contribution in [0.2, 0.25) is 0 Å². The quantitative estimate of drug-likeness (QED) is 0.101. The summed E-state index contributed by atoms with van der Waals surface area (Å²) in [4.78, 5) is 32.3. The molecule has 2 aliphatic heterocycles. The summed E-state index contributed by atoms with van der Waals surface area (Å²) in [5, 5.41) is 28.6. The number of hydrogen-bond acceptors (Lipinski definition) is 12. The van der Waals surface area contributed by atoms with Crippen molar-refractivity contribution in [2.45, 2.75) is 102 Å². The van der Waals surface area contributed by atoms with Gasteiger partial charge in [-0.25, -0.2) is 23.0 Å². The molecule has 1 aliphatic carbocycles. The van der Waals surface area contributed by atoms with Crippen molar-refractivity contribution in [3.8, 4) is 0 Å². The average molecular weight is 841 g/mol. The lowest BCUT2D eigenvalue weighted by Crippen LogP contribution is -2.51. The molecule has 4 N–H and O–H groups in total. The van der Waals surface area contributed by atoms with Gasteiger partial charge in [-0.3, -0.25) is 0 Å². The number of anilines is 1. The van der Waals surface area contributed by atoms with E-state index in [1.807, 2.05) is 51.1 Å². The number of benzene rings is 2. The van der Waals surface area contributed by atoms with E-state index < -0.39 is 46.1 Å². The fraction of sp³-hybridized carbons (Fsp3) is 0.537. The van der Waals surface area contributed by atoms with E-state index in [9.17, 15) is 28.2 Å². The van der Waals surface area contributed by atoms with Gasteiger partial charge in [0.2, 0.25) is 10.0 Å². The van der Waals surface area contributed by atoms with E-state index in [-0.39, 0.29) is 48.3 Å². The number of carboxylic acid groups (broad SMARTS) is 1. The first kappa shape index (κ1) is 41.5. The molecule has 57 heavy (non-hydrogen) atoms. The molecule has 2 saturated heterocycles. The Hall–Kier alpha value is -3.64. The smallest absolute Gasteiger partial charge is 0.407 e. The molecule has 4 heterocycles. The predicted molar refractivity (Wildman–Crippen MR) is 219 cm³/mol. The molecule has 0 unspecified atom stereocenters. The summed E-state index contributed by atoms with van der Waals surface area (Å²) >= 11 is 2.83. The van der Waals surface area contributed by atoms with Gasteiger partial charge in [0.1, 0.15) is 6.10 Å². The molecular weight excluding hydrogens is 789 g/mol. The topological polar surface area (TPSA) is 177 Å². The number of hydrogen-bond donors (Lipinski definition) is 4. The van der Waals surface area contributed by atoms with Crippen LogP contribution < -0.4 is 10.6 Å². The number of thiophene rings is 1. The van der Waals surface area contributed by atoms with Crippen molar-refractivity contribution in [1.29, 1.82) is 0 Å². The van der Waals surface area contributed by atoms with Gasteiger partial charge < -0.3 is 35.1 Å². The van der Waals surface area contributed by atoms with Crippen molar-refractivity contribution in [1.82, 2.24) is 14.6 Å². The van der Waals surface area contributed by atoms with Crippen LogP contribution >= 0.6 is 22.7 Å². The van der Waals surface area contributed by atoms with Crippen molar-refractivity contribution in [3.63, 3.8) is 0 Å². The van der Waals surface area contributed by atoms with Crippen molar-refractivity contribution < 1.29 is 42.4 Å². The number of aliphatic hydroxyl groups excluding tert-OH is 1. The molecule has 0 radical (unpaired) electrons. The van der Waals surface area contributed by atoms with Gasteiger partial charge in [-0.2, -0.15) is 4.31 Å². The number of amides is 1. The summed E-state index contributed by atoms with van der Waals surface area (Å²) in [6.45, 7) is 10.8. The van der Waals surface area contributed by atoms with Crippen molar-refractivity contribution in [2.24, 2.45) is 17.3 Å². The van der Waals surface area contributed by atoms with E-state index in [0.29, 0.717) is 40.5 Å². The molecule has 5 atom stereocenters. The second-order valence-electron chi connectivity index (χ2n) is 16.7. The molecule has 16 heteroatoms. The van der Waals surface area contributed by atoms with E-state index in [1.165, 1.54) is 33.0 Å². The van der Waals surface area contributed by atoms with Gasteiger partial charge in [-0.1, -0.05) is 69.4 Å². The van der Waals surface area contributed by atoms with Gasteiger partial charge in [0.05, 0.1) is 58.5 Å². The number of nitrogens with zero attached hydrogens (tertiary/aromatic N) is 2. The minimum Gasteiger partial charge on any atom is -0.478 e. The summed E-state index contributed by atoms with van der Waals surface area (Å²) in [5.74, 6) is -1.91. The third kappa shape index (κ3) is 9.17. The van der Waals surface area contributed by atoms with Gasteiger partial charge in [-0.15, -0.1) is 11.3 Å². The number of fused-ring (bicyclic) bond motifs is 3. The van der Waals surface area contributed by atoms with Crippen LogP contribution in [0.4, 0.5) is 9.93 Å². The molecule has 1 amide bonds. The zero-order valence-corrected chi connectivity index (χ0v) is 35.4. The average Bonchev–Trinajstić information content (AvgIpc) is 3.91. The van der Waals surface area contributed by atoms with Crippen LogP contribution in [0, 0.1) is 17.3 Å².